The Morgan fingerprint density at radius 1 is 1.00 bits per heavy atom. The molecule has 114 valence electrons. The summed E-state index contributed by atoms with van der Waals surface area (Å²) in [6.07, 6.45) is 6.36. The second-order valence-corrected chi connectivity index (χ2v) is 5.97. The van der Waals surface area contributed by atoms with E-state index in [0.717, 1.165) is 5.56 Å². The summed E-state index contributed by atoms with van der Waals surface area (Å²) >= 11 is 0. The van der Waals surface area contributed by atoms with Crippen LogP contribution >= 0.6 is 0 Å². The molecule has 1 N–H and O–H groups in total. The van der Waals surface area contributed by atoms with E-state index in [-0.39, 0.29) is 11.3 Å². The van der Waals surface area contributed by atoms with Crippen molar-refractivity contribution in [1.82, 2.24) is 0 Å². The zero-order chi connectivity index (χ0) is 15.5. The summed E-state index contributed by atoms with van der Waals surface area (Å²) in [5.41, 5.74) is 2.77. The highest BCUT2D eigenvalue weighted by molar-refractivity contribution is 5.96. The Kier molecular flexibility index (Phi) is 4.14. The van der Waals surface area contributed by atoms with Crippen LogP contribution in [0.15, 0.2) is 42.5 Å². The van der Waals surface area contributed by atoms with Crippen molar-refractivity contribution in [2.45, 2.75) is 38.0 Å². The lowest BCUT2D eigenvalue weighted by Crippen LogP contribution is -2.04. The Balaban J connectivity index is 1.92. The van der Waals surface area contributed by atoms with Crippen LogP contribution in [0.5, 0.6) is 5.75 Å². The van der Waals surface area contributed by atoms with Crippen LogP contribution in [0.4, 0.5) is 0 Å². The number of hydrogen-bond donors (Lipinski definition) is 1. The highest BCUT2D eigenvalue weighted by Gasteiger charge is 2.16. The van der Waals surface area contributed by atoms with E-state index < -0.39 is 5.97 Å². The van der Waals surface area contributed by atoms with Gasteiger partial charge in [-0.1, -0.05) is 55.7 Å². The van der Waals surface area contributed by atoms with Crippen molar-refractivity contribution < 1.29 is 15.0 Å². The van der Waals surface area contributed by atoms with Gasteiger partial charge in [0.25, 0.3) is 0 Å². The van der Waals surface area contributed by atoms with Crippen molar-refractivity contribution in [2.75, 3.05) is 0 Å². The van der Waals surface area contributed by atoms with Gasteiger partial charge >= 0.3 is 5.97 Å². The average Bonchev–Trinajstić information content (AvgIpc) is 2.55. The van der Waals surface area contributed by atoms with Crippen LogP contribution in [0.25, 0.3) is 11.1 Å². The quantitative estimate of drug-likeness (QED) is 0.924. The molecule has 3 nitrogen and oxygen atoms in total. The third-order valence-electron chi connectivity index (χ3n) is 4.52. The second kappa shape index (κ2) is 6.22. The molecule has 2 aromatic rings. The molecule has 1 saturated carbocycles. The van der Waals surface area contributed by atoms with Crippen molar-refractivity contribution in [1.29, 1.82) is 0 Å². The Bertz CT molecular complexity index is 668. The molecule has 0 bridgehead atoms. The van der Waals surface area contributed by atoms with E-state index in [0.29, 0.717) is 11.5 Å². The molecule has 0 radical (unpaired) electrons. The molecule has 2 aromatic carbocycles. The van der Waals surface area contributed by atoms with Crippen LogP contribution in [-0.2, 0) is 0 Å². The summed E-state index contributed by atoms with van der Waals surface area (Å²) in [6, 6.07) is 12.1. The predicted molar refractivity (Wildman–Crippen MR) is 84.1 cm³/mol. The Labute approximate surface area is 130 Å². The first-order chi connectivity index (χ1) is 10.6. The molecule has 22 heavy (non-hydrogen) atoms. The van der Waals surface area contributed by atoms with E-state index in [2.05, 4.69) is 12.1 Å². The number of rotatable bonds is 3. The van der Waals surface area contributed by atoms with Crippen molar-refractivity contribution in [2.24, 2.45) is 0 Å². The zero-order valence-electron chi connectivity index (χ0n) is 12.4. The molecule has 1 fully saturated rings. The molecule has 0 heterocycles. The molecule has 1 aliphatic rings. The van der Waals surface area contributed by atoms with Crippen LogP contribution in [-0.4, -0.2) is 11.1 Å². The lowest BCUT2D eigenvalue weighted by atomic mass is 9.83. The second-order valence-electron chi connectivity index (χ2n) is 5.97. The smallest absolute Gasteiger partial charge is 0.336 e. The molecular weight excluding hydrogens is 276 g/mol. The van der Waals surface area contributed by atoms with Gasteiger partial charge in [0.2, 0.25) is 0 Å². The fourth-order valence-electron chi connectivity index (χ4n) is 3.32. The summed E-state index contributed by atoms with van der Waals surface area (Å²) in [7, 11) is 0. The summed E-state index contributed by atoms with van der Waals surface area (Å²) in [5.74, 6) is -0.560. The molecule has 0 aliphatic heterocycles. The minimum atomic E-state index is -1.01. The van der Waals surface area contributed by atoms with Gasteiger partial charge in [-0.15, -0.1) is 5.75 Å². The van der Waals surface area contributed by atoms with E-state index in [9.17, 15) is 15.0 Å². The normalized spacial score (nSPS) is 15.6. The molecule has 3 rings (SSSR count). The fourth-order valence-corrected chi connectivity index (χ4v) is 3.32. The van der Waals surface area contributed by atoms with Gasteiger partial charge in [-0.2, -0.15) is 0 Å². The number of carboxylic acids is 1. The lowest BCUT2D eigenvalue weighted by molar-refractivity contribution is -0.268. The third-order valence-corrected chi connectivity index (χ3v) is 4.52. The first-order valence-electron chi connectivity index (χ1n) is 7.80. The highest BCUT2D eigenvalue weighted by Crippen LogP contribution is 2.34. The van der Waals surface area contributed by atoms with E-state index in [1.54, 1.807) is 0 Å². The van der Waals surface area contributed by atoms with E-state index in [1.165, 1.54) is 55.9 Å². The maximum atomic E-state index is 11.6. The van der Waals surface area contributed by atoms with E-state index in [4.69, 9.17) is 0 Å². The van der Waals surface area contributed by atoms with Crippen LogP contribution in [0.1, 0.15) is 53.9 Å². The van der Waals surface area contributed by atoms with E-state index >= 15 is 0 Å². The summed E-state index contributed by atoms with van der Waals surface area (Å²) in [4.78, 5) is 11.3. The Hall–Kier alpha value is -2.29. The van der Waals surface area contributed by atoms with Gasteiger partial charge < -0.3 is 10.2 Å². The van der Waals surface area contributed by atoms with Crippen molar-refractivity contribution in [3.63, 3.8) is 0 Å². The van der Waals surface area contributed by atoms with Crippen molar-refractivity contribution >= 4 is 5.97 Å². The monoisotopic (exact) mass is 295 g/mol. The third kappa shape index (κ3) is 2.98. The number of carboxylic acid groups (broad SMARTS) is 1. The van der Waals surface area contributed by atoms with Gasteiger partial charge in [0.15, 0.2) is 0 Å². The topological polar surface area (TPSA) is 60.4 Å². The molecule has 0 unspecified atom stereocenters. The lowest BCUT2D eigenvalue weighted by Gasteiger charge is -2.22. The first kappa shape index (κ1) is 14.6. The van der Waals surface area contributed by atoms with Crippen LogP contribution in [0, 0.1) is 0 Å². The minimum Gasteiger partial charge on any atom is -0.872 e. The molecule has 0 amide bonds. The summed E-state index contributed by atoms with van der Waals surface area (Å²) in [5, 5.41) is 20.8. The molecule has 0 spiro atoms. The van der Waals surface area contributed by atoms with Gasteiger partial charge in [0, 0.05) is 0 Å². The van der Waals surface area contributed by atoms with Gasteiger partial charge in [-0.05, 0) is 41.5 Å². The number of aromatic carboxylic acids is 1. The summed E-state index contributed by atoms with van der Waals surface area (Å²) in [6.45, 7) is 0. The molecule has 0 atom stereocenters. The molecular formula is C19H19O3-. The first-order valence-corrected chi connectivity index (χ1v) is 7.80. The van der Waals surface area contributed by atoms with Crippen molar-refractivity contribution in [3.05, 3.63) is 53.6 Å². The van der Waals surface area contributed by atoms with Gasteiger partial charge in [0.05, 0.1) is 5.56 Å². The standard InChI is InChI=1S/C19H20O3/c20-16-10-11-17(19(21)22)18(12-16)15-8-6-14(7-9-15)13-4-2-1-3-5-13/h6-13,20H,1-5H2,(H,21,22)/p-1. The van der Waals surface area contributed by atoms with Crippen LogP contribution < -0.4 is 5.11 Å². The maximum absolute atomic E-state index is 11.6. The maximum Gasteiger partial charge on any atom is 0.336 e. The minimum absolute atomic E-state index is 0.170. The average molecular weight is 295 g/mol. The van der Waals surface area contributed by atoms with Crippen molar-refractivity contribution in [3.8, 4) is 16.9 Å². The molecule has 0 aromatic heterocycles. The van der Waals surface area contributed by atoms with E-state index in [1.807, 2.05) is 12.1 Å². The van der Waals surface area contributed by atoms with Crippen LogP contribution in [0.2, 0.25) is 0 Å². The Morgan fingerprint density at radius 3 is 2.32 bits per heavy atom. The van der Waals surface area contributed by atoms with Crippen LogP contribution in [0.3, 0.4) is 0 Å². The molecule has 3 heteroatoms. The predicted octanol–water partition coefficient (Wildman–Crippen LogP) is 4.17. The summed E-state index contributed by atoms with van der Waals surface area (Å²) < 4.78 is 0. The molecule has 0 saturated heterocycles. The van der Waals surface area contributed by atoms with Gasteiger partial charge in [-0.25, -0.2) is 4.79 Å². The van der Waals surface area contributed by atoms with Gasteiger partial charge in [-0.3, -0.25) is 0 Å². The zero-order valence-corrected chi connectivity index (χ0v) is 12.4. The number of carbonyl (C=O) groups is 1. The fraction of sp³-hybridized carbons (Fsp3) is 0.316. The van der Waals surface area contributed by atoms with Gasteiger partial charge in [0.1, 0.15) is 0 Å². The number of benzene rings is 2. The highest BCUT2D eigenvalue weighted by atomic mass is 16.4. The SMILES string of the molecule is O=C(O)c1ccc([O-])cc1-c1ccc(C2CCCCC2)cc1. The number of hydrogen-bond acceptors (Lipinski definition) is 2. The Morgan fingerprint density at radius 2 is 1.68 bits per heavy atom. The largest absolute Gasteiger partial charge is 0.872 e. The molecule has 1 aliphatic carbocycles.